The normalized spacial score (nSPS) is 10.4. The van der Waals surface area contributed by atoms with E-state index in [-0.39, 0.29) is 0 Å². The van der Waals surface area contributed by atoms with Gasteiger partial charge in [-0.25, -0.2) is 4.98 Å². The topological polar surface area (TPSA) is 37.8 Å². The highest BCUT2D eigenvalue weighted by Gasteiger charge is 2.08. The van der Waals surface area contributed by atoms with Crippen LogP contribution in [0.25, 0.3) is 11.3 Å². The van der Waals surface area contributed by atoms with Crippen LogP contribution >= 0.6 is 23.2 Å². The first-order chi connectivity index (χ1) is 8.72. The minimum Gasteiger partial charge on any atom is -0.369 e. The number of halogens is 2. The van der Waals surface area contributed by atoms with Crippen LogP contribution in [0.15, 0.2) is 30.6 Å². The van der Waals surface area contributed by atoms with Gasteiger partial charge in [0.1, 0.15) is 5.82 Å². The second-order valence-electron chi connectivity index (χ2n) is 3.82. The van der Waals surface area contributed by atoms with Gasteiger partial charge in [-0.15, -0.1) is 0 Å². The molecule has 0 saturated carbocycles. The van der Waals surface area contributed by atoms with Crippen LogP contribution in [0.1, 0.15) is 13.3 Å². The first-order valence-electron chi connectivity index (χ1n) is 5.72. The number of rotatable bonds is 4. The first kappa shape index (κ1) is 13.1. The zero-order valence-corrected chi connectivity index (χ0v) is 11.5. The van der Waals surface area contributed by atoms with Crippen molar-refractivity contribution in [2.45, 2.75) is 13.3 Å². The zero-order valence-electron chi connectivity index (χ0n) is 9.95. The molecule has 1 aromatic heterocycles. The van der Waals surface area contributed by atoms with Gasteiger partial charge in [-0.05, 0) is 12.5 Å². The molecule has 0 fully saturated rings. The van der Waals surface area contributed by atoms with Crippen LogP contribution in [0.3, 0.4) is 0 Å². The average Bonchev–Trinajstić information content (AvgIpc) is 2.40. The molecule has 0 atom stereocenters. The molecule has 5 heteroatoms. The van der Waals surface area contributed by atoms with Gasteiger partial charge in [-0.1, -0.05) is 42.3 Å². The summed E-state index contributed by atoms with van der Waals surface area (Å²) in [6.45, 7) is 2.96. The minimum atomic E-state index is 0.501. The summed E-state index contributed by atoms with van der Waals surface area (Å²) in [7, 11) is 0. The Labute approximate surface area is 116 Å². The molecular formula is C13H13Cl2N3. The monoisotopic (exact) mass is 281 g/mol. The molecule has 0 spiro atoms. The van der Waals surface area contributed by atoms with Gasteiger partial charge in [0.15, 0.2) is 0 Å². The SMILES string of the molecule is CCCNc1cncc(-c2cccc(Cl)c2Cl)n1. The summed E-state index contributed by atoms with van der Waals surface area (Å²) in [5, 5.41) is 4.21. The fourth-order valence-electron chi connectivity index (χ4n) is 1.54. The van der Waals surface area contributed by atoms with Crippen molar-refractivity contribution < 1.29 is 0 Å². The van der Waals surface area contributed by atoms with Gasteiger partial charge in [0.05, 0.1) is 28.1 Å². The lowest BCUT2D eigenvalue weighted by Crippen LogP contribution is -2.03. The van der Waals surface area contributed by atoms with Crippen LogP contribution in [0.2, 0.25) is 10.0 Å². The van der Waals surface area contributed by atoms with Gasteiger partial charge < -0.3 is 5.32 Å². The summed E-state index contributed by atoms with van der Waals surface area (Å²) in [6.07, 6.45) is 4.40. The summed E-state index contributed by atoms with van der Waals surface area (Å²) in [6, 6.07) is 5.47. The highest BCUT2D eigenvalue weighted by atomic mass is 35.5. The van der Waals surface area contributed by atoms with Crippen molar-refractivity contribution in [3.05, 3.63) is 40.6 Å². The number of aromatic nitrogens is 2. The lowest BCUT2D eigenvalue weighted by Gasteiger charge is -2.07. The van der Waals surface area contributed by atoms with E-state index in [1.807, 2.05) is 12.1 Å². The lowest BCUT2D eigenvalue weighted by molar-refractivity contribution is 0.965. The van der Waals surface area contributed by atoms with Gasteiger partial charge in [-0.2, -0.15) is 0 Å². The van der Waals surface area contributed by atoms with Gasteiger partial charge in [0.25, 0.3) is 0 Å². The molecule has 0 unspecified atom stereocenters. The van der Waals surface area contributed by atoms with E-state index >= 15 is 0 Å². The quantitative estimate of drug-likeness (QED) is 0.909. The van der Waals surface area contributed by atoms with Crippen molar-refractivity contribution in [3.63, 3.8) is 0 Å². The Morgan fingerprint density at radius 2 is 2.06 bits per heavy atom. The Bertz CT molecular complexity index is 544. The lowest BCUT2D eigenvalue weighted by atomic mass is 10.1. The highest BCUT2D eigenvalue weighted by molar-refractivity contribution is 6.43. The Kier molecular flexibility index (Phi) is 4.39. The fourth-order valence-corrected chi connectivity index (χ4v) is 1.93. The van der Waals surface area contributed by atoms with E-state index < -0.39 is 0 Å². The summed E-state index contributed by atoms with van der Waals surface area (Å²) in [5.74, 6) is 0.741. The average molecular weight is 282 g/mol. The van der Waals surface area contributed by atoms with Crippen LogP contribution in [-0.4, -0.2) is 16.5 Å². The number of benzene rings is 1. The molecule has 0 amide bonds. The molecule has 3 nitrogen and oxygen atoms in total. The highest BCUT2D eigenvalue weighted by Crippen LogP contribution is 2.32. The summed E-state index contributed by atoms with van der Waals surface area (Å²) in [5.41, 5.74) is 1.50. The molecule has 0 aliphatic carbocycles. The molecule has 0 saturated heterocycles. The molecule has 94 valence electrons. The summed E-state index contributed by atoms with van der Waals surface area (Å²) >= 11 is 12.2. The molecule has 2 aromatic rings. The third-order valence-electron chi connectivity index (χ3n) is 2.42. The van der Waals surface area contributed by atoms with Crippen molar-refractivity contribution in [1.82, 2.24) is 9.97 Å². The Morgan fingerprint density at radius 1 is 1.22 bits per heavy atom. The molecule has 0 aliphatic heterocycles. The molecular weight excluding hydrogens is 269 g/mol. The van der Waals surface area contributed by atoms with Crippen molar-refractivity contribution in [2.24, 2.45) is 0 Å². The summed E-state index contributed by atoms with van der Waals surface area (Å²) in [4.78, 5) is 8.62. The Morgan fingerprint density at radius 3 is 2.83 bits per heavy atom. The summed E-state index contributed by atoms with van der Waals surface area (Å²) < 4.78 is 0. The first-order valence-corrected chi connectivity index (χ1v) is 6.48. The number of anilines is 1. The van der Waals surface area contributed by atoms with Crippen molar-refractivity contribution in [2.75, 3.05) is 11.9 Å². The van der Waals surface area contributed by atoms with E-state index in [2.05, 4.69) is 22.2 Å². The molecule has 1 heterocycles. The van der Waals surface area contributed by atoms with Crippen LogP contribution in [-0.2, 0) is 0 Å². The van der Waals surface area contributed by atoms with Gasteiger partial charge in [-0.3, -0.25) is 4.98 Å². The number of hydrogen-bond donors (Lipinski definition) is 1. The maximum absolute atomic E-state index is 6.16. The van der Waals surface area contributed by atoms with Crippen molar-refractivity contribution in [3.8, 4) is 11.3 Å². The Hall–Kier alpha value is -1.32. The van der Waals surface area contributed by atoms with Crippen LogP contribution in [0.4, 0.5) is 5.82 Å². The number of hydrogen-bond acceptors (Lipinski definition) is 3. The number of nitrogens with one attached hydrogen (secondary N) is 1. The second kappa shape index (κ2) is 6.03. The van der Waals surface area contributed by atoms with E-state index in [1.54, 1.807) is 18.5 Å². The van der Waals surface area contributed by atoms with E-state index in [9.17, 15) is 0 Å². The van der Waals surface area contributed by atoms with E-state index in [0.29, 0.717) is 15.7 Å². The maximum Gasteiger partial charge on any atom is 0.145 e. The van der Waals surface area contributed by atoms with E-state index in [4.69, 9.17) is 23.2 Å². The molecule has 1 aromatic carbocycles. The smallest absolute Gasteiger partial charge is 0.145 e. The Balaban J connectivity index is 2.35. The van der Waals surface area contributed by atoms with Gasteiger partial charge in [0.2, 0.25) is 0 Å². The maximum atomic E-state index is 6.16. The molecule has 0 radical (unpaired) electrons. The van der Waals surface area contributed by atoms with Gasteiger partial charge >= 0.3 is 0 Å². The number of nitrogens with zero attached hydrogens (tertiary/aromatic N) is 2. The van der Waals surface area contributed by atoms with E-state index in [1.165, 1.54) is 0 Å². The fraction of sp³-hybridized carbons (Fsp3) is 0.231. The van der Waals surface area contributed by atoms with E-state index in [0.717, 1.165) is 24.3 Å². The molecule has 2 rings (SSSR count). The van der Waals surface area contributed by atoms with Gasteiger partial charge in [0, 0.05) is 12.1 Å². The molecule has 1 N–H and O–H groups in total. The molecule has 18 heavy (non-hydrogen) atoms. The zero-order chi connectivity index (χ0) is 13.0. The second-order valence-corrected chi connectivity index (χ2v) is 4.60. The van der Waals surface area contributed by atoms with Crippen molar-refractivity contribution in [1.29, 1.82) is 0 Å². The molecule has 0 aliphatic rings. The predicted molar refractivity (Wildman–Crippen MR) is 76.3 cm³/mol. The largest absolute Gasteiger partial charge is 0.369 e. The third-order valence-corrected chi connectivity index (χ3v) is 3.24. The predicted octanol–water partition coefficient (Wildman–Crippen LogP) is 4.27. The molecule has 0 bridgehead atoms. The van der Waals surface area contributed by atoms with Crippen LogP contribution < -0.4 is 5.32 Å². The standard InChI is InChI=1S/C13H13Cl2N3/c1-2-6-17-12-8-16-7-11(18-12)9-4-3-5-10(14)13(9)15/h3-5,7-8H,2,6H2,1H3,(H,17,18). The van der Waals surface area contributed by atoms with Crippen LogP contribution in [0, 0.1) is 0 Å². The third kappa shape index (κ3) is 2.92. The van der Waals surface area contributed by atoms with Crippen LogP contribution in [0.5, 0.6) is 0 Å². The van der Waals surface area contributed by atoms with Crippen molar-refractivity contribution >= 4 is 29.0 Å². The minimum absolute atomic E-state index is 0.501.